The summed E-state index contributed by atoms with van der Waals surface area (Å²) in [5, 5.41) is 8.97. The lowest BCUT2D eigenvalue weighted by molar-refractivity contribution is 0.218. The normalized spacial score (nSPS) is 15.7. The van der Waals surface area contributed by atoms with Crippen molar-refractivity contribution in [1.82, 2.24) is 0 Å². The van der Waals surface area contributed by atoms with E-state index in [2.05, 4.69) is 6.92 Å². The molecule has 0 aromatic rings. The number of aliphatic hydroxyl groups is 1. The molecule has 2 nitrogen and oxygen atoms in total. The minimum atomic E-state index is -0.806. The Morgan fingerprint density at radius 1 is 1.23 bits per heavy atom. The molecule has 0 aromatic heterocycles. The van der Waals surface area contributed by atoms with Gasteiger partial charge in [0.15, 0.2) is 0 Å². The van der Waals surface area contributed by atoms with E-state index in [1.54, 1.807) is 6.92 Å². The molecule has 0 saturated heterocycles. The van der Waals surface area contributed by atoms with Gasteiger partial charge in [0.1, 0.15) is 11.5 Å². The lowest BCUT2D eigenvalue weighted by Crippen LogP contribution is -2.20. The monoisotopic (exact) mass is 206 g/mol. The van der Waals surface area contributed by atoms with Gasteiger partial charge >= 0.3 is 0 Å². The maximum atomic E-state index is 11.2. The summed E-state index contributed by atoms with van der Waals surface area (Å²) >= 11 is -0.806. The van der Waals surface area contributed by atoms with Crippen molar-refractivity contribution in [3.8, 4) is 0 Å². The molecular formula is C10H22O2S. The van der Waals surface area contributed by atoms with Gasteiger partial charge in [0.2, 0.25) is 0 Å². The van der Waals surface area contributed by atoms with E-state index in [0.717, 1.165) is 12.2 Å². The first-order valence-corrected chi connectivity index (χ1v) is 6.68. The molecule has 0 spiro atoms. The standard InChI is InChI=1S/C10H22O2S/c1-3-4-5-6-7-8-13(12)9-10(2)11/h10-11H,3-9H2,1-2H3. The van der Waals surface area contributed by atoms with Crippen LogP contribution in [0.1, 0.15) is 46.0 Å². The molecule has 1 N–H and O–H groups in total. The van der Waals surface area contributed by atoms with E-state index in [1.807, 2.05) is 0 Å². The van der Waals surface area contributed by atoms with E-state index in [4.69, 9.17) is 5.11 Å². The Hall–Kier alpha value is 0.270. The number of hydrogen-bond donors (Lipinski definition) is 1. The minimum Gasteiger partial charge on any atom is -0.616 e. The lowest BCUT2D eigenvalue weighted by Gasteiger charge is -2.11. The molecule has 0 rings (SSSR count). The van der Waals surface area contributed by atoms with Crippen LogP contribution in [0.5, 0.6) is 0 Å². The number of hydrogen-bond acceptors (Lipinski definition) is 2. The van der Waals surface area contributed by atoms with E-state index in [-0.39, 0.29) is 0 Å². The second-order valence-electron chi connectivity index (χ2n) is 3.57. The molecule has 3 heteroatoms. The molecule has 0 amide bonds. The molecule has 0 saturated carbocycles. The van der Waals surface area contributed by atoms with Gasteiger partial charge in [-0.1, -0.05) is 37.4 Å². The zero-order valence-corrected chi connectivity index (χ0v) is 9.61. The van der Waals surface area contributed by atoms with Crippen molar-refractivity contribution in [2.24, 2.45) is 0 Å². The Morgan fingerprint density at radius 2 is 1.85 bits per heavy atom. The van der Waals surface area contributed by atoms with Crippen molar-refractivity contribution in [2.75, 3.05) is 11.5 Å². The molecular weight excluding hydrogens is 184 g/mol. The minimum absolute atomic E-state index is 0.420. The summed E-state index contributed by atoms with van der Waals surface area (Å²) in [6, 6.07) is 0. The van der Waals surface area contributed by atoms with Gasteiger partial charge < -0.3 is 9.66 Å². The van der Waals surface area contributed by atoms with Gasteiger partial charge in [0.05, 0.1) is 6.10 Å². The Kier molecular flexibility index (Phi) is 9.03. The van der Waals surface area contributed by atoms with E-state index < -0.39 is 17.3 Å². The van der Waals surface area contributed by atoms with Gasteiger partial charge in [-0.2, -0.15) is 0 Å². The predicted octanol–water partition coefficient (Wildman–Crippen LogP) is 2.09. The molecule has 0 aliphatic carbocycles. The van der Waals surface area contributed by atoms with Crippen molar-refractivity contribution in [3.63, 3.8) is 0 Å². The fourth-order valence-electron chi connectivity index (χ4n) is 1.22. The molecule has 0 heterocycles. The third-order valence-electron chi connectivity index (χ3n) is 1.90. The molecule has 0 aromatic carbocycles. The first-order valence-electron chi connectivity index (χ1n) is 5.19. The van der Waals surface area contributed by atoms with Gasteiger partial charge in [-0.25, -0.2) is 0 Å². The average Bonchev–Trinajstić information content (AvgIpc) is 2.02. The molecule has 13 heavy (non-hydrogen) atoms. The zero-order chi connectivity index (χ0) is 10.1. The molecule has 2 unspecified atom stereocenters. The van der Waals surface area contributed by atoms with Crippen LogP contribution in [-0.4, -0.2) is 27.3 Å². The molecule has 0 aliphatic rings. The topological polar surface area (TPSA) is 43.3 Å². The maximum Gasteiger partial charge on any atom is 0.131 e. The molecule has 2 atom stereocenters. The lowest BCUT2D eigenvalue weighted by atomic mass is 10.2. The summed E-state index contributed by atoms with van der Waals surface area (Å²) in [4.78, 5) is 0. The van der Waals surface area contributed by atoms with Crippen LogP contribution in [0.15, 0.2) is 0 Å². The van der Waals surface area contributed by atoms with Crippen LogP contribution in [-0.2, 0) is 11.2 Å². The first kappa shape index (κ1) is 13.3. The molecule has 80 valence electrons. The Bertz CT molecular complexity index is 107. The van der Waals surface area contributed by atoms with Gasteiger partial charge in [-0.15, -0.1) is 0 Å². The van der Waals surface area contributed by atoms with Gasteiger partial charge in [-0.05, 0) is 19.8 Å². The second kappa shape index (κ2) is 8.85. The number of aliphatic hydroxyl groups excluding tert-OH is 1. The zero-order valence-electron chi connectivity index (χ0n) is 8.79. The van der Waals surface area contributed by atoms with Crippen LogP contribution in [0.25, 0.3) is 0 Å². The smallest absolute Gasteiger partial charge is 0.131 e. The maximum absolute atomic E-state index is 11.2. The second-order valence-corrected chi connectivity index (χ2v) is 5.20. The Morgan fingerprint density at radius 3 is 2.38 bits per heavy atom. The molecule has 0 bridgehead atoms. The van der Waals surface area contributed by atoms with Crippen LogP contribution in [0.3, 0.4) is 0 Å². The van der Waals surface area contributed by atoms with Crippen molar-refractivity contribution >= 4 is 11.2 Å². The molecule has 0 aliphatic heterocycles. The number of unbranched alkanes of at least 4 members (excludes halogenated alkanes) is 4. The van der Waals surface area contributed by atoms with Crippen molar-refractivity contribution in [2.45, 2.75) is 52.1 Å². The summed E-state index contributed by atoms with van der Waals surface area (Å²) in [6.07, 6.45) is 5.58. The van der Waals surface area contributed by atoms with Crippen LogP contribution in [0, 0.1) is 0 Å². The summed E-state index contributed by atoms with van der Waals surface area (Å²) in [5.41, 5.74) is 0. The third kappa shape index (κ3) is 10.2. The summed E-state index contributed by atoms with van der Waals surface area (Å²) in [7, 11) is 0. The van der Waals surface area contributed by atoms with Crippen molar-refractivity contribution < 1.29 is 9.66 Å². The first-order chi connectivity index (χ1) is 6.16. The fraction of sp³-hybridized carbons (Fsp3) is 1.00. The average molecular weight is 206 g/mol. The number of rotatable bonds is 8. The van der Waals surface area contributed by atoms with E-state index >= 15 is 0 Å². The van der Waals surface area contributed by atoms with Crippen LogP contribution < -0.4 is 0 Å². The van der Waals surface area contributed by atoms with Crippen molar-refractivity contribution in [1.29, 1.82) is 0 Å². The summed E-state index contributed by atoms with van der Waals surface area (Å²) < 4.78 is 11.2. The highest BCUT2D eigenvalue weighted by molar-refractivity contribution is 7.91. The highest BCUT2D eigenvalue weighted by Gasteiger charge is 2.08. The van der Waals surface area contributed by atoms with Gasteiger partial charge in [0, 0.05) is 0 Å². The molecule has 0 radical (unpaired) electrons. The van der Waals surface area contributed by atoms with Crippen LogP contribution in [0.2, 0.25) is 0 Å². The third-order valence-corrected chi connectivity index (χ3v) is 3.50. The van der Waals surface area contributed by atoms with Gasteiger partial charge in [0.25, 0.3) is 0 Å². The fourth-order valence-corrected chi connectivity index (χ4v) is 2.45. The van der Waals surface area contributed by atoms with Crippen molar-refractivity contribution in [3.05, 3.63) is 0 Å². The van der Waals surface area contributed by atoms with Crippen LogP contribution >= 0.6 is 0 Å². The Labute approximate surface area is 84.9 Å². The molecule has 0 fully saturated rings. The summed E-state index contributed by atoms with van der Waals surface area (Å²) in [5.74, 6) is 1.20. The van der Waals surface area contributed by atoms with E-state index in [9.17, 15) is 4.55 Å². The Balaban J connectivity index is 3.12. The van der Waals surface area contributed by atoms with E-state index in [0.29, 0.717) is 5.75 Å². The largest absolute Gasteiger partial charge is 0.616 e. The summed E-state index contributed by atoms with van der Waals surface area (Å²) in [6.45, 7) is 3.88. The van der Waals surface area contributed by atoms with E-state index in [1.165, 1.54) is 25.7 Å². The van der Waals surface area contributed by atoms with Crippen LogP contribution in [0.4, 0.5) is 0 Å². The quantitative estimate of drug-likeness (QED) is 0.488. The highest BCUT2D eigenvalue weighted by Crippen LogP contribution is 2.05. The highest BCUT2D eigenvalue weighted by atomic mass is 32.2. The van der Waals surface area contributed by atoms with Gasteiger partial charge in [-0.3, -0.25) is 0 Å². The SMILES string of the molecule is CCCCCCC[S+]([O-])CC(C)O. The predicted molar refractivity (Wildman–Crippen MR) is 58.3 cm³/mol.